The topological polar surface area (TPSA) is 29.5 Å². The molecule has 0 amide bonds. The number of benzene rings is 1. The fraction of sp³-hybridized carbons (Fsp3) is 0.538. The van der Waals surface area contributed by atoms with Crippen molar-refractivity contribution in [3.05, 3.63) is 29.8 Å². The van der Waals surface area contributed by atoms with E-state index in [0.717, 1.165) is 25.2 Å². The monoisotopic (exact) mass is 206 g/mol. The first-order chi connectivity index (χ1) is 7.35. The highest BCUT2D eigenvalue weighted by atomic mass is 16.5. The molecule has 1 N–H and O–H groups in total. The molecule has 0 bridgehead atoms. The van der Waals surface area contributed by atoms with Crippen LogP contribution in [0.3, 0.4) is 0 Å². The van der Waals surface area contributed by atoms with Gasteiger partial charge in [0.2, 0.25) is 0 Å². The maximum atomic E-state index is 9.02. The van der Waals surface area contributed by atoms with Gasteiger partial charge in [0.1, 0.15) is 5.75 Å². The zero-order valence-electron chi connectivity index (χ0n) is 9.15. The van der Waals surface area contributed by atoms with Gasteiger partial charge in [-0.05, 0) is 42.4 Å². The smallest absolute Gasteiger partial charge is 0.119 e. The first kappa shape index (κ1) is 10.5. The third-order valence-electron chi connectivity index (χ3n) is 2.92. The maximum Gasteiger partial charge on any atom is 0.119 e. The van der Waals surface area contributed by atoms with Crippen LogP contribution in [-0.4, -0.2) is 18.3 Å². The van der Waals surface area contributed by atoms with Gasteiger partial charge in [-0.15, -0.1) is 0 Å². The van der Waals surface area contributed by atoms with Gasteiger partial charge >= 0.3 is 0 Å². The Bertz CT molecular complexity index is 322. The molecule has 2 unspecified atom stereocenters. The summed E-state index contributed by atoms with van der Waals surface area (Å²) in [6.07, 6.45) is 2.15. The Balaban J connectivity index is 2.00. The van der Waals surface area contributed by atoms with Crippen molar-refractivity contribution in [1.29, 1.82) is 0 Å². The molecule has 0 aromatic heterocycles. The van der Waals surface area contributed by atoms with Crippen LogP contribution < -0.4 is 4.74 Å². The second-order valence-corrected chi connectivity index (χ2v) is 4.21. The number of aliphatic hydroxyl groups is 1. The van der Waals surface area contributed by atoms with Crippen molar-refractivity contribution < 1.29 is 9.84 Å². The number of hydrogen-bond donors (Lipinski definition) is 1. The molecule has 1 aliphatic rings. The van der Waals surface area contributed by atoms with E-state index in [1.165, 1.54) is 5.56 Å². The summed E-state index contributed by atoms with van der Waals surface area (Å²) in [6, 6.07) is 8.26. The summed E-state index contributed by atoms with van der Waals surface area (Å²) in [7, 11) is 0. The van der Waals surface area contributed by atoms with Crippen LogP contribution in [0.15, 0.2) is 24.3 Å². The van der Waals surface area contributed by atoms with Crippen LogP contribution in [-0.2, 0) is 0 Å². The van der Waals surface area contributed by atoms with Crippen LogP contribution in [0.4, 0.5) is 0 Å². The van der Waals surface area contributed by atoms with E-state index < -0.39 is 0 Å². The maximum absolute atomic E-state index is 9.02. The molecular formula is C13H18O2. The van der Waals surface area contributed by atoms with Gasteiger partial charge in [0.05, 0.1) is 6.61 Å². The average molecular weight is 206 g/mol. The Kier molecular flexibility index (Phi) is 3.27. The molecule has 1 fully saturated rings. The SMILES string of the molecule is CCCOc1cccc(C2CC2CO)c1. The molecule has 2 atom stereocenters. The molecule has 0 aliphatic heterocycles. The highest BCUT2D eigenvalue weighted by molar-refractivity contribution is 5.34. The fourth-order valence-corrected chi connectivity index (χ4v) is 1.91. The van der Waals surface area contributed by atoms with E-state index in [9.17, 15) is 0 Å². The third-order valence-corrected chi connectivity index (χ3v) is 2.92. The molecule has 2 heteroatoms. The van der Waals surface area contributed by atoms with E-state index in [1.54, 1.807) is 0 Å². The summed E-state index contributed by atoms with van der Waals surface area (Å²) in [5.41, 5.74) is 1.31. The van der Waals surface area contributed by atoms with Crippen molar-refractivity contribution >= 4 is 0 Å². The standard InChI is InChI=1S/C13H18O2/c1-2-6-15-12-5-3-4-10(7-12)13-8-11(13)9-14/h3-5,7,11,13-14H,2,6,8-9H2,1H3. The zero-order chi connectivity index (χ0) is 10.7. The van der Waals surface area contributed by atoms with Gasteiger partial charge in [-0.1, -0.05) is 19.1 Å². The summed E-state index contributed by atoms with van der Waals surface area (Å²) in [6.45, 7) is 3.19. The van der Waals surface area contributed by atoms with E-state index in [-0.39, 0.29) is 0 Å². The van der Waals surface area contributed by atoms with Crippen LogP contribution in [0.1, 0.15) is 31.2 Å². The van der Waals surface area contributed by atoms with Crippen molar-refractivity contribution in [3.63, 3.8) is 0 Å². The van der Waals surface area contributed by atoms with Gasteiger partial charge in [0.15, 0.2) is 0 Å². The molecule has 2 nitrogen and oxygen atoms in total. The van der Waals surface area contributed by atoms with Crippen molar-refractivity contribution in [1.82, 2.24) is 0 Å². The van der Waals surface area contributed by atoms with Gasteiger partial charge < -0.3 is 9.84 Å². The number of rotatable bonds is 5. The molecule has 0 saturated heterocycles. The minimum atomic E-state index is 0.310. The highest BCUT2D eigenvalue weighted by Gasteiger charge is 2.37. The van der Waals surface area contributed by atoms with Gasteiger partial charge in [0, 0.05) is 6.61 Å². The predicted octanol–water partition coefficient (Wildman–Crippen LogP) is 2.57. The number of ether oxygens (including phenoxy) is 1. The Morgan fingerprint density at radius 1 is 1.47 bits per heavy atom. The molecule has 0 heterocycles. The number of aliphatic hydroxyl groups excluding tert-OH is 1. The van der Waals surface area contributed by atoms with Crippen LogP contribution in [0, 0.1) is 5.92 Å². The first-order valence-electron chi connectivity index (χ1n) is 5.68. The lowest BCUT2D eigenvalue weighted by atomic mass is 10.1. The summed E-state index contributed by atoms with van der Waals surface area (Å²) in [5.74, 6) is 1.99. The Labute approximate surface area is 90.9 Å². The van der Waals surface area contributed by atoms with Gasteiger partial charge in [-0.25, -0.2) is 0 Å². The third kappa shape index (κ3) is 2.51. The zero-order valence-corrected chi connectivity index (χ0v) is 9.15. The average Bonchev–Trinajstić information content (AvgIpc) is 3.06. The Morgan fingerprint density at radius 2 is 2.33 bits per heavy atom. The summed E-state index contributed by atoms with van der Waals surface area (Å²) < 4.78 is 5.58. The molecular weight excluding hydrogens is 188 g/mol. The molecule has 1 aromatic carbocycles. The van der Waals surface area contributed by atoms with Crippen molar-refractivity contribution in [2.24, 2.45) is 5.92 Å². The van der Waals surface area contributed by atoms with Crippen LogP contribution in [0.25, 0.3) is 0 Å². The van der Waals surface area contributed by atoms with Crippen LogP contribution in [0.2, 0.25) is 0 Å². The van der Waals surface area contributed by atoms with E-state index >= 15 is 0 Å². The lowest BCUT2D eigenvalue weighted by Crippen LogP contribution is -1.95. The minimum absolute atomic E-state index is 0.310. The van der Waals surface area contributed by atoms with Crippen LogP contribution in [0.5, 0.6) is 5.75 Å². The molecule has 0 spiro atoms. The molecule has 15 heavy (non-hydrogen) atoms. The molecule has 1 saturated carbocycles. The van der Waals surface area contributed by atoms with Crippen molar-refractivity contribution in [2.45, 2.75) is 25.7 Å². The fourth-order valence-electron chi connectivity index (χ4n) is 1.91. The second kappa shape index (κ2) is 4.67. The Morgan fingerprint density at radius 3 is 3.00 bits per heavy atom. The largest absolute Gasteiger partial charge is 0.494 e. The first-order valence-corrected chi connectivity index (χ1v) is 5.68. The lowest BCUT2D eigenvalue weighted by molar-refractivity contribution is 0.274. The van der Waals surface area contributed by atoms with E-state index in [0.29, 0.717) is 18.4 Å². The van der Waals surface area contributed by atoms with E-state index in [2.05, 4.69) is 19.1 Å². The van der Waals surface area contributed by atoms with Crippen molar-refractivity contribution in [3.8, 4) is 5.75 Å². The quantitative estimate of drug-likeness (QED) is 0.802. The second-order valence-electron chi connectivity index (χ2n) is 4.21. The molecule has 1 aromatic rings. The molecule has 2 rings (SSSR count). The van der Waals surface area contributed by atoms with Gasteiger partial charge in [-0.2, -0.15) is 0 Å². The van der Waals surface area contributed by atoms with Crippen LogP contribution >= 0.6 is 0 Å². The van der Waals surface area contributed by atoms with E-state index in [1.807, 2.05) is 12.1 Å². The molecule has 0 radical (unpaired) electrons. The predicted molar refractivity (Wildman–Crippen MR) is 60.2 cm³/mol. The van der Waals surface area contributed by atoms with E-state index in [4.69, 9.17) is 9.84 Å². The normalized spacial score (nSPS) is 23.9. The highest BCUT2D eigenvalue weighted by Crippen LogP contribution is 2.47. The summed E-state index contributed by atoms with van der Waals surface area (Å²) in [5, 5.41) is 9.02. The minimum Gasteiger partial charge on any atom is -0.494 e. The van der Waals surface area contributed by atoms with Gasteiger partial charge in [0.25, 0.3) is 0 Å². The Hall–Kier alpha value is -1.02. The lowest BCUT2D eigenvalue weighted by Gasteiger charge is -2.06. The summed E-state index contributed by atoms with van der Waals surface area (Å²) >= 11 is 0. The van der Waals surface area contributed by atoms with Gasteiger partial charge in [-0.3, -0.25) is 0 Å². The summed E-state index contributed by atoms with van der Waals surface area (Å²) in [4.78, 5) is 0. The number of hydrogen-bond acceptors (Lipinski definition) is 2. The van der Waals surface area contributed by atoms with Crippen molar-refractivity contribution in [2.75, 3.05) is 13.2 Å². The molecule has 1 aliphatic carbocycles. The molecule has 82 valence electrons.